The molecule has 184 valence electrons. The summed E-state index contributed by atoms with van der Waals surface area (Å²) in [7, 11) is 0. The third kappa shape index (κ3) is 7.16. The van der Waals surface area contributed by atoms with E-state index in [1.54, 1.807) is 12.1 Å². The van der Waals surface area contributed by atoms with E-state index in [1.165, 1.54) is 54.7 Å². The number of hydrazone groups is 1. The second kappa shape index (κ2) is 12.0. The predicted molar refractivity (Wildman–Crippen MR) is 134 cm³/mol. The maximum atomic E-state index is 12.4. The van der Waals surface area contributed by atoms with E-state index in [0.717, 1.165) is 0 Å². The highest BCUT2D eigenvalue weighted by Gasteiger charge is 2.14. The first-order valence-electron chi connectivity index (χ1n) is 9.79. The number of carbonyl (C=O) groups excluding carboxylic acids is 2. The molecule has 0 atom stereocenters. The van der Waals surface area contributed by atoms with Crippen LogP contribution in [0.2, 0.25) is 0 Å². The molecule has 12 nitrogen and oxygen atoms in total. The predicted octanol–water partition coefficient (Wildman–Crippen LogP) is 4.78. The summed E-state index contributed by atoms with van der Waals surface area (Å²) in [6.07, 6.45) is 1.25. The number of non-ortho nitro benzene ring substituents is 2. The highest BCUT2D eigenvalue weighted by molar-refractivity contribution is 9.10. The molecule has 0 aliphatic rings. The molecule has 0 aromatic heterocycles. The van der Waals surface area contributed by atoms with Crippen molar-refractivity contribution in [1.82, 2.24) is 5.43 Å². The van der Waals surface area contributed by atoms with E-state index in [4.69, 9.17) is 9.47 Å². The van der Waals surface area contributed by atoms with Crippen LogP contribution in [0.3, 0.4) is 0 Å². The van der Waals surface area contributed by atoms with Crippen LogP contribution in [0.15, 0.2) is 74.7 Å². The van der Waals surface area contributed by atoms with Crippen LogP contribution in [0.4, 0.5) is 11.4 Å². The standard InChI is InChI=1S/C22H14Br2N4O8/c23-15-3-7-19(36-22(30)13-1-4-16(5-2-13)27(31)32)14(9-15)11-25-26-21(29)12-35-20-8-6-17(28(33)34)10-18(20)24/h1-11H,12H2,(H,26,29)/b25-11+. The smallest absolute Gasteiger partial charge is 0.343 e. The Balaban J connectivity index is 1.62. The van der Waals surface area contributed by atoms with Crippen molar-refractivity contribution in [2.24, 2.45) is 5.10 Å². The van der Waals surface area contributed by atoms with Gasteiger partial charge in [-0.15, -0.1) is 0 Å². The number of hydrogen-bond acceptors (Lipinski definition) is 9. The van der Waals surface area contributed by atoms with Crippen molar-refractivity contribution < 1.29 is 28.9 Å². The molecule has 0 saturated heterocycles. The fraction of sp³-hybridized carbons (Fsp3) is 0.0455. The van der Waals surface area contributed by atoms with Gasteiger partial charge in [0.05, 0.1) is 26.1 Å². The summed E-state index contributed by atoms with van der Waals surface area (Å²) >= 11 is 6.44. The minimum Gasteiger partial charge on any atom is -0.483 e. The molecular formula is C22H14Br2N4O8. The molecule has 0 fully saturated rings. The summed E-state index contributed by atoms with van der Waals surface area (Å²) in [5.74, 6) is -0.998. The number of ether oxygens (including phenoxy) is 2. The van der Waals surface area contributed by atoms with E-state index in [2.05, 4.69) is 42.4 Å². The zero-order valence-electron chi connectivity index (χ0n) is 17.9. The molecule has 36 heavy (non-hydrogen) atoms. The molecule has 0 unspecified atom stereocenters. The van der Waals surface area contributed by atoms with Crippen molar-refractivity contribution in [3.05, 3.63) is 101 Å². The number of rotatable bonds is 9. The summed E-state index contributed by atoms with van der Waals surface area (Å²) in [6.45, 7) is -0.422. The average molecular weight is 622 g/mol. The van der Waals surface area contributed by atoms with E-state index in [9.17, 15) is 29.8 Å². The summed E-state index contributed by atoms with van der Waals surface area (Å²) in [6, 6.07) is 13.5. The molecular weight excluding hydrogens is 608 g/mol. The molecule has 0 spiro atoms. The fourth-order valence-electron chi connectivity index (χ4n) is 2.66. The van der Waals surface area contributed by atoms with Crippen LogP contribution in [-0.2, 0) is 4.79 Å². The Bertz CT molecular complexity index is 1360. The van der Waals surface area contributed by atoms with E-state index in [-0.39, 0.29) is 28.4 Å². The normalized spacial score (nSPS) is 10.6. The first-order valence-corrected chi connectivity index (χ1v) is 11.4. The van der Waals surface area contributed by atoms with Gasteiger partial charge in [-0.3, -0.25) is 25.0 Å². The lowest BCUT2D eigenvalue weighted by molar-refractivity contribution is -0.385. The molecule has 0 aliphatic heterocycles. The minimum absolute atomic E-state index is 0.106. The minimum atomic E-state index is -0.743. The molecule has 3 aromatic rings. The molecule has 1 amide bonds. The number of amides is 1. The van der Waals surface area contributed by atoms with Crippen LogP contribution in [0, 0.1) is 20.2 Å². The van der Waals surface area contributed by atoms with Gasteiger partial charge in [-0.25, -0.2) is 10.2 Å². The molecule has 3 aromatic carbocycles. The second-order valence-corrected chi connectivity index (χ2v) is 8.60. The van der Waals surface area contributed by atoms with Crippen LogP contribution in [0.5, 0.6) is 11.5 Å². The van der Waals surface area contributed by atoms with Gasteiger partial charge in [-0.05, 0) is 52.3 Å². The first-order chi connectivity index (χ1) is 17.1. The third-order valence-electron chi connectivity index (χ3n) is 4.37. The van der Waals surface area contributed by atoms with Crippen LogP contribution in [0.1, 0.15) is 15.9 Å². The van der Waals surface area contributed by atoms with Gasteiger partial charge in [-0.2, -0.15) is 5.10 Å². The molecule has 0 radical (unpaired) electrons. The Morgan fingerprint density at radius 3 is 2.19 bits per heavy atom. The van der Waals surface area contributed by atoms with Crippen LogP contribution >= 0.6 is 31.9 Å². The number of nitro benzene ring substituents is 2. The van der Waals surface area contributed by atoms with Gasteiger partial charge < -0.3 is 9.47 Å². The van der Waals surface area contributed by atoms with Gasteiger partial charge in [0.2, 0.25) is 0 Å². The monoisotopic (exact) mass is 620 g/mol. The van der Waals surface area contributed by atoms with Gasteiger partial charge in [0.1, 0.15) is 11.5 Å². The molecule has 0 aliphatic carbocycles. The summed E-state index contributed by atoms with van der Waals surface area (Å²) in [4.78, 5) is 44.9. The van der Waals surface area contributed by atoms with Crippen molar-refractivity contribution >= 4 is 61.3 Å². The van der Waals surface area contributed by atoms with Gasteiger partial charge in [0, 0.05) is 34.3 Å². The maximum absolute atomic E-state index is 12.4. The van der Waals surface area contributed by atoms with Crippen molar-refractivity contribution in [3.8, 4) is 11.5 Å². The lowest BCUT2D eigenvalue weighted by atomic mass is 10.2. The zero-order chi connectivity index (χ0) is 26.2. The number of benzene rings is 3. The molecule has 3 rings (SSSR count). The van der Waals surface area contributed by atoms with Crippen LogP contribution < -0.4 is 14.9 Å². The Labute approximate surface area is 219 Å². The number of halogens is 2. The number of carbonyl (C=O) groups is 2. The summed E-state index contributed by atoms with van der Waals surface area (Å²) in [5, 5.41) is 25.4. The topological polar surface area (TPSA) is 163 Å². The second-order valence-electron chi connectivity index (χ2n) is 6.83. The van der Waals surface area contributed by atoms with Crippen molar-refractivity contribution in [1.29, 1.82) is 0 Å². The highest BCUT2D eigenvalue weighted by Crippen LogP contribution is 2.29. The van der Waals surface area contributed by atoms with Crippen molar-refractivity contribution in [2.45, 2.75) is 0 Å². The zero-order valence-corrected chi connectivity index (χ0v) is 21.1. The Morgan fingerprint density at radius 2 is 1.56 bits per heavy atom. The highest BCUT2D eigenvalue weighted by atomic mass is 79.9. The quantitative estimate of drug-likeness (QED) is 0.117. The maximum Gasteiger partial charge on any atom is 0.343 e. The Kier molecular flexibility index (Phi) is 8.81. The molecule has 14 heteroatoms. The number of hydrogen-bond donors (Lipinski definition) is 1. The molecule has 0 heterocycles. The van der Waals surface area contributed by atoms with E-state index in [1.807, 2.05) is 0 Å². The average Bonchev–Trinajstić information content (AvgIpc) is 2.84. The molecule has 1 N–H and O–H groups in total. The first kappa shape index (κ1) is 26.4. The molecule has 0 saturated carbocycles. The third-order valence-corrected chi connectivity index (χ3v) is 5.48. The van der Waals surface area contributed by atoms with Crippen molar-refractivity contribution in [2.75, 3.05) is 6.61 Å². The number of esters is 1. The Morgan fingerprint density at radius 1 is 0.917 bits per heavy atom. The van der Waals surface area contributed by atoms with Crippen LogP contribution in [0.25, 0.3) is 0 Å². The van der Waals surface area contributed by atoms with Gasteiger partial charge in [-0.1, -0.05) is 15.9 Å². The van der Waals surface area contributed by atoms with Gasteiger partial charge in [0.25, 0.3) is 17.3 Å². The Hall–Kier alpha value is -4.17. The van der Waals surface area contributed by atoms with Crippen molar-refractivity contribution in [3.63, 3.8) is 0 Å². The SMILES string of the molecule is O=C(COc1ccc([N+](=O)[O-])cc1Br)N/N=C/c1cc(Br)ccc1OC(=O)c1ccc([N+](=O)[O-])cc1. The van der Waals surface area contributed by atoms with Crippen LogP contribution in [-0.4, -0.2) is 34.5 Å². The molecule has 0 bridgehead atoms. The fourth-order valence-corrected chi connectivity index (χ4v) is 3.52. The van der Waals surface area contributed by atoms with E-state index < -0.39 is 28.3 Å². The van der Waals surface area contributed by atoms with Gasteiger partial charge in [0.15, 0.2) is 6.61 Å². The van der Waals surface area contributed by atoms with Gasteiger partial charge >= 0.3 is 5.97 Å². The lowest BCUT2D eigenvalue weighted by Gasteiger charge is -2.08. The summed E-state index contributed by atoms with van der Waals surface area (Å²) in [5.41, 5.74) is 2.41. The lowest BCUT2D eigenvalue weighted by Crippen LogP contribution is -2.24. The summed E-state index contributed by atoms with van der Waals surface area (Å²) < 4.78 is 11.7. The largest absolute Gasteiger partial charge is 0.483 e. The number of nitrogens with one attached hydrogen (secondary N) is 1. The number of nitrogens with zero attached hydrogens (tertiary/aromatic N) is 3. The number of nitro groups is 2. The van der Waals surface area contributed by atoms with E-state index >= 15 is 0 Å². The van der Waals surface area contributed by atoms with E-state index in [0.29, 0.717) is 14.5 Å².